The number of fused-ring (bicyclic) bond motifs is 1. The molecule has 5 heteroatoms. The van der Waals surface area contributed by atoms with E-state index in [4.69, 9.17) is 9.05 Å². The van der Waals surface area contributed by atoms with Gasteiger partial charge in [0.05, 0.1) is 19.4 Å². The van der Waals surface area contributed by atoms with Crippen molar-refractivity contribution >= 4 is 34.3 Å². The molecule has 0 saturated heterocycles. The molecule has 0 atom stereocenters. The summed E-state index contributed by atoms with van der Waals surface area (Å²) in [6.45, 7) is 4.42. The van der Waals surface area contributed by atoms with Crippen LogP contribution in [0.3, 0.4) is 0 Å². The van der Waals surface area contributed by atoms with Crippen LogP contribution in [0.1, 0.15) is 19.4 Å². The molecule has 0 radical (unpaired) electrons. The van der Waals surface area contributed by atoms with Crippen LogP contribution >= 0.6 is 23.5 Å². The van der Waals surface area contributed by atoms with Gasteiger partial charge in [0.1, 0.15) is 0 Å². The average molecular weight is 357 g/mol. The van der Waals surface area contributed by atoms with Crippen molar-refractivity contribution in [3.8, 4) is 0 Å². The zero-order valence-electron chi connectivity index (χ0n) is 11.6. The van der Waals surface area contributed by atoms with Crippen molar-refractivity contribution in [3.63, 3.8) is 0 Å². The first-order valence-electron chi connectivity index (χ1n) is 6.62. The predicted molar refractivity (Wildman–Crippen MR) is 86.2 cm³/mol. The third-order valence-electron chi connectivity index (χ3n) is 2.89. The quantitative estimate of drug-likeness (QED) is 0.652. The highest BCUT2D eigenvalue weighted by Crippen LogP contribution is 2.51. The molecule has 0 N–H and O–H groups in total. The van der Waals surface area contributed by atoms with Gasteiger partial charge in [0, 0.05) is 4.47 Å². The van der Waals surface area contributed by atoms with Crippen LogP contribution in [0.15, 0.2) is 40.9 Å². The maximum atomic E-state index is 12.5. The third kappa shape index (κ3) is 3.92. The Bertz CT molecular complexity index is 632. The van der Waals surface area contributed by atoms with Gasteiger partial charge in [-0.2, -0.15) is 0 Å². The van der Waals surface area contributed by atoms with Gasteiger partial charge in [-0.25, -0.2) is 0 Å². The lowest BCUT2D eigenvalue weighted by atomic mass is 10.1. The monoisotopic (exact) mass is 356 g/mol. The number of hydrogen-bond acceptors (Lipinski definition) is 3. The summed E-state index contributed by atoms with van der Waals surface area (Å²) < 4.78 is 24.2. The summed E-state index contributed by atoms with van der Waals surface area (Å²) in [5, 5.41) is 2.26. The maximum absolute atomic E-state index is 12.5. The van der Waals surface area contributed by atoms with Crippen LogP contribution in [0.4, 0.5) is 0 Å². The lowest BCUT2D eigenvalue weighted by molar-refractivity contribution is 0.219. The number of benzene rings is 2. The van der Waals surface area contributed by atoms with Gasteiger partial charge in [0.25, 0.3) is 0 Å². The standard InChI is InChI=1S/C15H18BrO3P/c1-3-18-20(17,19-4-2)11-12-5-6-14-10-15(16)8-7-13(14)9-12/h5-10H,3-4,11H2,1-2H3. The Labute approximate surface area is 127 Å². The van der Waals surface area contributed by atoms with Gasteiger partial charge in [-0.1, -0.05) is 40.2 Å². The van der Waals surface area contributed by atoms with Crippen LogP contribution in [0.5, 0.6) is 0 Å². The fourth-order valence-corrected chi connectivity index (χ4v) is 4.18. The zero-order valence-corrected chi connectivity index (χ0v) is 14.1. The van der Waals surface area contributed by atoms with Gasteiger partial charge < -0.3 is 9.05 Å². The van der Waals surface area contributed by atoms with Crippen molar-refractivity contribution in [1.82, 2.24) is 0 Å². The summed E-state index contributed by atoms with van der Waals surface area (Å²) in [7, 11) is -3.04. The second-order valence-corrected chi connectivity index (χ2v) is 7.40. The number of rotatable bonds is 6. The van der Waals surface area contributed by atoms with Crippen LogP contribution in [0.2, 0.25) is 0 Å². The van der Waals surface area contributed by atoms with E-state index in [-0.39, 0.29) is 0 Å². The molecule has 20 heavy (non-hydrogen) atoms. The van der Waals surface area contributed by atoms with Crippen LogP contribution in [-0.2, 0) is 19.8 Å². The molecule has 3 nitrogen and oxygen atoms in total. The molecule has 2 aromatic carbocycles. The average Bonchev–Trinajstić information content (AvgIpc) is 2.39. The highest BCUT2D eigenvalue weighted by Gasteiger charge is 2.23. The lowest BCUT2D eigenvalue weighted by Gasteiger charge is -2.17. The van der Waals surface area contributed by atoms with E-state index < -0.39 is 7.60 Å². The summed E-state index contributed by atoms with van der Waals surface area (Å²) in [5.41, 5.74) is 0.963. The third-order valence-corrected chi connectivity index (χ3v) is 5.44. The minimum absolute atomic E-state index is 0.306. The summed E-state index contributed by atoms with van der Waals surface area (Å²) in [4.78, 5) is 0. The van der Waals surface area contributed by atoms with Crippen molar-refractivity contribution in [2.45, 2.75) is 20.0 Å². The highest BCUT2D eigenvalue weighted by atomic mass is 79.9. The SMILES string of the molecule is CCOP(=O)(Cc1ccc2cc(Br)ccc2c1)OCC. The van der Waals surface area contributed by atoms with Crippen LogP contribution in [-0.4, -0.2) is 13.2 Å². The summed E-state index contributed by atoms with van der Waals surface area (Å²) in [6.07, 6.45) is 0.306. The van der Waals surface area contributed by atoms with Gasteiger partial charge in [0.2, 0.25) is 0 Å². The molecule has 108 valence electrons. The molecule has 0 unspecified atom stereocenters. The molecule has 2 aromatic rings. The van der Waals surface area contributed by atoms with Crippen LogP contribution in [0.25, 0.3) is 10.8 Å². The molecule has 0 heterocycles. The van der Waals surface area contributed by atoms with E-state index in [2.05, 4.69) is 22.0 Å². The molecule has 0 aliphatic carbocycles. The van der Waals surface area contributed by atoms with Gasteiger partial charge in [0.15, 0.2) is 0 Å². The Morgan fingerprint density at radius 3 is 2.25 bits per heavy atom. The minimum Gasteiger partial charge on any atom is -0.309 e. The van der Waals surface area contributed by atoms with E-state index in [1.54, 1.807) is 0 Å². The predicted octanol–water partition coefficient (Wildman–Crippen LogP) is 5.37. The van der Waals surface area contributed by atoms with Crippen LogP contribution < -0.4 is 0 Å². The molecule has 0 aromatic heterocycles. The smallest absolute Gasteiger partial charge is 0.309 e. The largest absolute Gasteiger partial charge is 0.335 e. The topological polar surface area (TPSA) is 35.5 Å². The Balaban J connectivity index is 2.28. The Morgan fingerprint density at radius 1 is 1.00 bits per heavy atom. The van der Waals surface area contributed by atoms with Gasteiger partial charge in [-0.3, -0.25) is 4.57 Å². The van der Waals surface area contributed by atoms with Gasteiger partial charge >= 0.3 is 7.60 Å². The fourth-order valence-electron chi connectivity index (χ4n) is 2.11. The summed E-state index contributed by atoms with van der Waals surface area (Å²) >= 11 is 3.46. The first-order chi connectivity index (χ1) is 9.56. The summed E-state index contributed by atoms with van der Waals surface area (Å²) in [5.74, 6) is 0. The molecular weight excluding hydrogens is 339 g/mol. The second kappa shape index (κ2) is 6.86. The van der Waals surface area contributed by atoms with Crippen molar-refractivity contribution in [1.29, 1.82) is 0 Å². The van der Waals surface area contributed by atoms with E-state index in [0.717, 1.165) is 20.8 Å². The summed E-state index contributed by atoms with van der Waals surface area (Å²) in [6, 6.07) is 12.1. The normalized spacial score (nSPS) is 11.9. The molecule has 2 rings (SSSR count). The first-order valence-corrected chi connectivity index (χ1v) is 9.15. The van der Waals surface area contributed by atoms with E-state index in [9.17, 15) is 4.57 Å². The van der Waals surface area contributed by atoms with Gasteiger partial charge in [-0.15, -0.1) is 0 Å². The molecule has 0 aliphatic rings. The number of hydrogen-bond donors (Lipinski definition) is 0. The van der Waals surface area contributed by atoms with Crippen molar-refractivity contribution in [3.05, 3.63) is 46.4 Å². The van der Waals surface area contributed by atoms with Crippen LogP contribution in [0, 0.1) is 0 Å². The zero-order chi connectivity index (χ0) is 14.6. The van der Waals surface area contributed by atoms with E-state index in [1.165, 1.54) is 0 Å². The molecule has 0 amide bonds. The van der Waals surface area contributed by atoms with E-state index in [1.807, 2.05) is 44.2 Å². The highest BCUT2D eigenvalue weighted by molar-refractivity contribution is 9.10. The molecule has 0 spiro atoms. The minimum atomic E-state index is -3.04. The Morgan fingerprint density at radius 2 is 1.60 bits per heavy atom. The molecule has 0 aliphatic heterocycles. The number of halogens is 1. The Hall–Kier alpha value is -0.670. The maximum Gasteiger partial charge on any atom is 0.335 e. The first kappa shape index (κ1) is 15.7. The molecule has 0 saturated carbocycles. The Kier molecular flexibility index (Phi) is 5.39. The van der Waals surface area contributed by atoms with Crippen molar-refractivity contribution in [2.75, 3.05) is 13.2 Å². The van der Waals surface area contributed by atoms with E-state index >= 15 is 0 Å². The fraction of sp³-hybridized carbons (Fsp3) is 0.333. The van der Waals surface area contributed by atoms with Crippen molar-refractivity contribution in [2.24, 2.45) is 0 Å². The second-order valence-electron chi connectivity index (χ2n) is 4.43. The lowest BCUT2D eigenvalue weighted by Crippen LogP contribution is -1.99. The molecule has 0 fully saturated rings. The van der Waals surface area contributed by atoms with Gasteiger partial charge in [-0.05, 0) is 42.3 Å². The molecular formula is C15H18BrO3P. The van der Waals surface area contributed by atoms with Crippen molar-refractivity contribution < 1.29 is 13.6 Å². The van der Waals surface area contributed by atoms with E-state index in [0.29, 0.717) is 19.4 Å². The molecule has 0 bridgehead atoms.